The Bertz CT molecular complexity index is 1210. The molecule has 2 aromatic rings. The summed E-state index contributed by atoms with van der Waals surface area (Å²) in [6.45, 7) is 10.7. The number of sulfonamides is 1. The molecule has 0 atom stereocenters. The van der Waals surface area contributed by atoms with Crippen molar-refractivity contribution in [3.63, 3.8) is 0 Å². The van der Waals surface area contributed by atoms with Crippen molar-refractivity contribution >= 4 is 38.2 Å². The van der Waals surface area contributed by atoms with Crippen molar-refractivity contribution in [2.24, 2.45) is 0 Å². The van der Waals surface area contributed by atoms with Gasteiger partial charge in [-0.3, -0.25) is 14.5 Å². The van der Waals surface area contributed by atoms with Crippen LogP contribution in [0.5, 0.6) is 0 Å². The Balaban J connectivity index is 1.60. The summed E-state index contributed by atoms with van der Waals surface area (Å²) in [5, 5.41) is 3.61. The molecule has 1 N–H and O–H groups in total. The lowest BCUT2D eigenvalue weighted by Crippen LogP contribution is -2.37. The van der Waals surface area contributed by atoms with Crippen molar-refractivity contribution in [1.29, 1.82) is 0 Å². The molecule has 0 radical (unpaired) electrons. The first-order valence-electron chi connectivity index (χ1n) is 13.4. The van der Waals surface area contributed by atoms with Gasteiger partial charge >= 0.3 is 0 Å². The van der Waals surface area contributed by atoms with Crippen LogP contribution < -0.4 is 5.32 Å². The molecule has 2 aliphatic rings. The van der Waals surface area contributed by atoms with Crippen LogP contribution in [0.15, 0.2) is 29.2 Å². The van der Waals surface area contributed by atoms with Crippen molar-refractivity contribution in [3.8, 4) is 0 Å². The van der Waals surface area contributed by atoms with Gasteiger partial charge in [0.2, 0.25) is 10.0 Å². The lowest BCUT2D eigenvalue weighted by Gasteiger charge is -2.29. The zero-order valence-corrected chi connectivity index (χ0v) is 23.7. The lowest BCUT2D eigenvalue weighted by atomic mass is 10.0. The molecule has 0 saturated carbocycles. The topological polar surface area (TPSA) is 90.0 Å². The molecule has 202 valence electrons. The summed E-state index contributed by atoms with van der Waals surface area (Å²) in [7, 11) is -3.60. The number of fused-ring (bicyclic) bond motifs is 1. The number of carbonyl (C=O) groups is 2. The Morgan fingerprint density at radius 1 is 1.00 bits per heavy atom. The number of hydrogen-bond acceptors (Lipinski definition) is 6. The minimum atomic E-state index is -3.60. The van der Waals surface area contributed by atoms with Gasteiger partial charge in [-0.25, -0.2) is 8.42 Å². The molecule has 0 bridgehead atoms. The Hall–Kier alpha value is -2.27. The molecule has 0 spiro atoms. The van der Waals surface area contributed by atoms with E-state index >= 15 is 0 Å². The Kier molecular flexibility index (Phi) is 9.05. The summed E-state index contributed by atoms with van der Waals surface area (Å²) in [5.41, 5.74) is 2.07. The second kappa shape index (κ2) is 12.1. The molecule has 0 unspecified atom stereocenters. The van der Waals surface area contributed by atoms with E-state index in [0.29, 0.717) is 29.2 Å². The fourth-order valence-electron chi connectivity index (χ4n) is 5.20. The fourth-order valence-corrected chi connectivity index (χ4v) is 7.93. The molecular weight excluding hydrogens is 508 g/mol. The van der Waals surface area contributed by atoms with Crippen molar-refractivity contribution in [3.05, 3.63) is 45.8 Å². The molecule has 2 amide bonds. The molecule has 1 fully saturated rings. The quantitative estimate of drug-likeness (QED) is 0.503. The van der Waals surface area contributed by atoms with Crippen LogP contribution >= 0.6 is 11.3 Å². The smallest absolute Gasteiger partial charge is 0.257 e. The van der Waals surface area contributed by atoms with E-state index < -0.39 is 10.0 Å². The van der Waals surface area contributed by atoms with Crippen LogP contribution in [-0.2, 0) is 23.0 Å². The highest BCUT2D eigenvalue weighted by Gasteiger charge is 2.31. The van der Waals surface area contributed by atoms with Crippen molar-refractivity contribution in [2.75, 3.05) is 44.6 Å². The number of amides is 2. The molecule has 1 saturated heterocycles. The molecule has 0 aliphatic carbocycles. The van der Waals surface area contributed by atoms with E-state index in [1.807, 2.05) is 4.90 Å². The number of hydrogen-bond donors (Lipinski definition) is 1. The third-order valence-corrected chi connectivity index (χ3v) is 10.4. The van der Waals surface area contributed by atoms with Gasteiger partial charge in [0, 0.05) is 49.7 Å². The highest BCUT2D eigenvalue weighted by atomic mass is 32.2. The van der Waals surface area contributed by atoms with E-state index in [0.717, 1.165) is 75.3 Å². The SMILES string of the molecule is CCCN1CCc2c(sc(NC(=O)c3ccc(S(=O)(=O)N(CC)CC)cc3)c2C(=O)N2CCCCC2)C1. The van der Waals surface area contributed by atoms with Crippen LogP contribution in [0.1, 0.15) is 77.6 Å². The molecule has 37 heavy (non-hydrogen) atoms. The first kappa shape index (κ1) is 27.8. The average Bonchev–Trinajstić information content (AvgIpc) is 3.26. The van der Waals surface area contributed by atoms with Crippen LogP contribution in [0.25, 0.3) is 0 Å². The van der Waals surface area contributed by atoms with Gasteiger partial charge in [-0.1, -0.05) is 20.8 Å². The largest absolute Gasteiger partial charge is 0.339 e. The minimum Gasteiger partial charge on any atom is -0.339 e. The van der Waals surface area contributed by atoms with Crippen LogP contribution in [0.4, 0.5) is 5.00 Å². The van der Waals surface area contributed by atoms with E-state index in [2.05, 4.69) is 17.1 Å². The predicted octanol–water partition coefficient (Wildman–Crippen LogP) is 4.43. The van der Waals surface area contributed by atoms with Gasteiger partial charge < -0.3 is 10.2 Å². The molecule has 1 aromatic carbocycles. The Morgan fingerprint density at radius 2 is 1.68 bits per heavy atom. The van der Waals surface area contributed by atoms with Crippen molar-refractivity contribution in [2.45, 2.75) is 64.3 Å². The lowest BCUT2D eigenvalue weighted by molar-refractivity contribution is 0.0724. The van der Waals surface area contributed by atoms with Crippen molar-refractivity contribution < 1.29 is 18.0 Å². The maximum absolute atomic E-state index is 13.7. The number of carbonyl (C=O) groups excluding carboxylic acids is 2. The maximum atomic E-state index is 13.7. The number of likely N-dealkylation sites (tertiary alicyclic amines) is 1. The van der Waals surface area contributed by atoms with Gasteiger partial charge in [-0.15, -0.1) is 11.3 Å². The van der Waals surface area contributed by atoms with Crippen LogP contribution in [0.2, 0.25) is 0 Å². The zero-order valence-electron chi connectivity index (χ0n) is 22.1. The van der Waals surface area contributed by atoms with E-state index in [1.54, 1.807) is 13.8 Å². The molecule has 8 nitrogen and oxygen atoms in total. The molecule has 1 aromatic heterocycles. The third kappa shape index (κ3) is 5.92. The zero-order chi connectivity index (χ0) is 26.6. The van der Waals surface area contributed by atoms with Gasteiger partial charge in [0.05, 0.1) is 10.5 Å². The van der Waals surface area contributed by atoms with E-state index in [9.17, 15) is 18.0 Å². The third-order valence-electron chi connectivity index (χ3n) is 7.22. The second-order valence-electron chi connectivity index (χ2n) is 9.65. The summed E-state index contributed by atoms with van der Waals surface area (Å²) in [6.07, 6.45) is 5.03. The number of benzene rings is 1. The summed E-state index contributed by atoms with van der Waals surface area (Å²) in [5.74, 6) is -0.333. The van der Waals surface area contributed by atoms with Gasteiger partial charge in [0.15, 0.2) is 0 Å². The Morgan fingerprint density at radius 3 is 2.30 bits per heavy atom. The number of rotatable bonds is 9. The summed E-state index contributed by atoms with van der Waals surface area (Å²) in [4.78, 5) is 32.5. The number of thiophene rings is 1. The number of piperidine rings is 1. The average molecular weight is 547 g/mol. The second-order valence-corrected chi connectivity index (χ2v) is 12.7. The molecule has 2 aliphatic heterocycles. The Labute approximate surface area is 224 Å². The monoisotopic (exact) mass is 546 g/mol. The maximum Gasteiger partial charge on any atom is 0.257 e. The van der Waals surface area contributed by atoms with Gasteiger partial charge in [-0.2, -0.15) is 4.31 Å². The number of anilines is 1. The first-order chi connectivity index (χ1) is 17.8. The number of nitrogens with zero attached hydrogens (tertiary/aromatic N) is 3. The summed E-state index contributed by atoms with van der Waals surface area (Å²) < 4.78 is 27.0. The molecular formula is C27H38N4O4S2. The summed E-state index contributed by atoms with van der Waals surface area (Å²) >= 11 is 1.50. The standard InChI is InChI=1S/C27H38N4O4S2/c1-4-15-29-18-14-22-23(19-29)36-26(24(22)27(33)30-16-8-7-9-17-30)28-25(32)20-10-12-21(13-11-20)37(34,35)31(5-2)6-3/h10-13H,4-9,14-19H2,1-3H3,(H,28,32). The predicted molar refractivity (Wildman–Crippen MR) is 148 cm³/mol. The molecule has 4 rings (SSSR count). The van der Waals surface area contributed by atoms with E-state index in [1.165, 1.54) is 39.9 Å². The van der Waals surface area contributed by atoms with E-state index in [-0.39, 0.29) is 16.7 Å². The molecule has 3 heterocycles. The number of nitrogens with one attached hydrogen (secondary N) is 1. The van der Waals surface area contributed by atoms with Gasteiger partial charge in [0.25, 0.3) is 11.8 Å². The normalized spacial score (nSPS) is 16.6. The van der Waals surface area contributed by atoms with Crippen LogP contribution in [0.3, 0.4) is 0 Å². The van der Waals surface area contributed by atoms with E-state index in [4.69, 9.17) is 0 Å². The van der Waals surface area contributed by atoms with Gasteiger partial charge in [-0.05, 0) is 68.5 Å². The van der Waals surface area contributed by atoms with Crippen LogP contribution in [0, 0.1) is 0 Å². The minimum absolute atomic E-state index is 0.0112. The van der Waals surface area contributed by atoms with Gasteiger partial charge in [0.1, 0.15) is 5.00 Å². The highest BCUT2D eigenvalue weighted by molar-refractivity contribution is 7.89. The first-order valence-corrected chi connectivity index (χ1v) is 15.6. The molecule has 10 heteroatoms. The van der Waals surface area contributed by atoms with Crippen molar-refractivity contribution in [1.82, 2.24) is 14.1 Å². The highest BCUT2D eigenvalue weighted by Crippen LogP contribution is 2.38. The fraction of sp³-hybridized carbons (Fsp3) is 0.556. The summed E-state index contributed by atoms with van der Waals surface area (Å²) in [6, 6.07) is 6.03. The van der Waals surface area contributed by atoms with Crippen LogP contribution in [-0.4, -0.2) is 73.6 Å².